The minimum Gasteiger partial charge on any atom is -0.481 e. The Hall–Kier alpha value is -2.27. The van der Waals surface area contributed by atoms with Crippen molar-refractivity contribution < 1.29 is 14.7 Å². The number of carbonyl (C=O) groups is 2. The average Bonchev–Trinajstić information content (AvgIpc) is 2.97. The topological polar surface area (TPSA) is 57.6 Å². The van der Waals surface area contributed by atoms with Crippen molar-refractivity contribution in [3.8, 4) is 0 Å². The molecule has 5 heteroatoms. The number of hydrogen-bond donors (Lipinski definition) is 1. The van der Waals surface area contributed by atoms with Crippen LogP contribution in [0.1, 0.15) is 23.7 Å². The monoisotopic (exact) mass is 341 g/mol. The summed E-state index contributed by atoms with van der Waals surface area (Å²) in [6, 6.07) is 17.1. The predicted octanol–water partition coefficient (Wildman–Crippen LogP) is 3.77. The Kier molecular flexibility index (Phi) is 4.90. The molecule has 1 aliphatic rings. The first kappa shape index (κ1) is 16.6. The molecule has 1 N–H and O–H groups in total. The lowest BCUT2D eigenvalue weighted by Crippen LogP contribution is -2.37. The fraction of sp³-hybridized carbons (Fsp3) is 0.263. The van der Waals surface area contributed by atoms with Crippen LogP contribution in [-0.2, 0) is 4.79 Å². The number of carbonyl (C=O) groups excluding carboxylic acids is 1. The Bertz CT molecular complexity index is 747. The van der Waals surface area contributed by atoms with Gasteiger partial charge in [-0.15, -0.1) is 0 Å². The van der Waals surface area contributed by atoms with Crippen LogP contribution in [0, 0.1) is 5.92 Å². The molecule has 1 aliphatic heterocycles. The fourth-order valence-electron chi connectivity index (χ4n) is 3.06. The third kappa shape index (κ3) is 3.31. The maximum absolute atomic E-state index is 13.0. The summed E-state index contributed by atoms with van der Waals surface area (Å²) in [5.74, 6) is -1.40. The highest BCUT2D eigenvalue weighted by Gasteiger charge is 2.38. The van der Waals surface area contributed by atoms with Crippen LogP contribution in [0.3, 0.4) is 0 Å². The van der Waals surface area contributed by atoms with E-state index in [1.165, 1.54) is 0 Å². The van der Waals surface area contributed by atoms with Crippen molar-refractivity contribution in [2.75, 3.05) is 6.54 Å². The minimum atomic E-state index is -0.829. The third-order valence-corrected chi connectivity index (χ3v) is 5.51. The summed E-state index contributed by atoms with van der Waals surface area (Å²) >= 11 is 1.55. The normalized spacial score (nSPS) is 20.1. The summed E-state index contributed by atoms with van der Waals surface area (Å²) in [7, 11) is 0. The molecule has 1 fully saturated rings. The van der Waals surface area contributed by atoms with E-state index >= 15 is 0 Å². The van der Waals surface area contributed by atoms with Gasteiger partial charge in [0.05, 0.1) is 11.5 Å². The Morgan fingerprint density at radius 3 is 2.42 bits per heavy atom. The Morgan fingerprint density at radius 2 is 1.75 bits per heavy atom. The van der Waals surface area contributed by atoms with Gasteiger partial charge in [-0.05, 0) is 37.6 Å². The van der Waals surface area contributed by atoms with Crippen LogP contribution in [0.4, 0.5) is 0 Å². The van der Waals surface area contributed by atoms with E-state index in [9.17, 15) is 14.7 Å². The van der Waals surface area contributed by atoms with E-state index in [4.69, 9.17) is 0 Å². The number of carboxylic acid groups (broad SMARTS) is 1. The Labute approximate surface area is 145 Å². The second-order valence-corrected chi connectivity index (χ2v) is 7.00. The lowest BCUT2D eigenvalue weighted by atomic mass is 10.0. The molecule has 0 aliphatic carbocycles. The summed E-state index contributed by atoms with van der Waals surface area (Å²) < 4.78 is 0. The molecule has 4 nitrogen and oxygen atoms in total. The highest BCUT2D eigenvalue weighted by Crippen LogP contribution is 2.33. The van der Waals surface area contributed by atoms with Gasteiger partial charge < -0.3 is 10.0 Å². The molecule has 2 atom stereocenters. The van der Waals surface area contributed by atoms with E-state index in [0.29, 0.717) is 18.5 Å². The summed E-state index contributed by atoms with van der Waals surface area (Å²) in [4.78, 5) is 27.9. The second kappa shape index (κ2) is 7.09. The zero-order valence-electron chi connectivity index (χ0n) is 13.4. The van der Waals surface area contributed by atoms with Crippen LogP contribution >= 0.6 is 11.8 Å². The highest BCUT2D eigenvalue weighted by molar-refractivity contribution is 7.99. The fourth-order valence-corrected chi connectivity index (χ4v) is 4.02. The number of rotatable bonds is 4. The molecular formula is C19H19NO3S. The number of aliphatic carboxylic acids is 1. The summed E-state index contributed by atoms with van der Waals surface area (Å²) in [5.41, 5.74) is 0.629. The van der Waals surface area contributed by atoms with E-state index in [2.05, 4.69) is 0 Å². The molecule has 2 aromatic rings. The van der Waals surface area contributed by atoms with Gasteiger partial charge in [-0.1, -0.05) is 42.1 Å². The molecular weight excluding hydrogens is 322 g/mol. The van der Waals surface area contributed by atoms with Crippen LogP contribution in [0.2, 0.25) is 0 Å². The van der Waals surface area contributed by atoms with Crippen molar-refractivity contribution in [3.63, 3.8) is 0 Å². The lowest BCUT2D eigenvalue weighted by molar-refractivity contribution is -0.142. The summed E-state index contributed by atoms with van der Waals surface area (Å²) in [5, 5.41) is 9.26. The van der Waals surface area contributed by atoms with Gasteiger partial charge in [0.25, 0.3) is 5.91 Å². The van der Waals surface area contributed by atoms with Crippen molar-refractivity contribution >= 4 is 23.6 Å². The summed E-state index contributed by atoms with van der Waals surface area (Å²) in [6.45, 7) is 2.30. The van der Waals surface area contributed by atoms with Crippen LogP contribution in [0.5, 0.6) is 0 Å². The molecule has 2 aromatic carbocycles. The molecule has 0 bridgehead atoms. The first-order valence-electron chi connectivity index (χ1n) is 7.93. The van der Waals surface area contributed by atoms with E-state index in [1.807, 2.05) is 61.5 Å². The molecule has 0 saturated carbocycles. The number of hydrogen-bond acceptors (Lipinski definition) is 3. The van der Waals surface area contributed by atoms with Crippen LogP contribution in [-0.4, -0.2) is 34.5 Å². The van der Waals surface area contributed by atoms with E-state index in [0.717, 1.165) is 9.79 Å². The SMILES string of the molecule is CC1C(C(=O)O)CCN1C(=O)c1ccccc1Sc1ccccc1. The molecule has 0 radical (unpaired) electrons. The van der Waals surface area contributed by atoms with Gasteiger partial charge in [-0.25, -0.2) is 0 Å². The van der Waals surface area contributed by atoms with Crippen molar-refractivity contribution in [2.45, 2.75) is 29.2 Å². The van der Waals surface area contributed by atoms with Crippen LogP contribution in [0.15, 0.2) is 64.4 Å². The maximum Gasteiger partial charge on any atom is 0.308 e. The van der Waals surface area contributed by atoms with Crippen LogP contribution < -0.4 is 0 Å². The number of likely N-dealkylation sites (tertiary alicyclic amines) is 1. The Morgan fingerprint density at radius 1 is 1.08 bits per heavy atom. The van der Waals surface area contributed by atoms with E-state index < -0.39 is 11.9 Å². The van der Waals surface area contributed by atoms with Gasteiger partial charge >= 0.3 is 5.97 Å². The molecule has 1 saturated heterocycles. The standard InChI is InChI=1S/C19H19NO3S/c1-13-15(19(22)23)11-12-20(13)18(21)16-9-5-6-10-17(16)24-14-7-3-2-4-8-14/h2-10,13,15H,11-12H2,1H3,(H,22,23). The lowest BCUT2D eigenvalue weighted by Gasteiger charge is -2.24. The van der Waals surface area contributed by atoms with Gasteiger partial charge in [0.15, 0.2) is 0 Å². The largest absolute Gasteiger partial charge is 0.481 e. The predicted molar refractivity (Wildman–Crippen MR) is 93.2 cm³/mol. The van der Waals surface area contributed by atoms with E-state index in [1.54, 1.807) is 16.7 Å². The van der Waals surface area contributed by atoms with Crippen molar-refractivity contribution in [3.05, 3.63) is 60.2 Å². The quantitative estimate of drug-likeness (QED) is 0.919. The zero-order valence-corrected chi connectivity index (χ0v) is 14.2. The van der Waals surface area contributed by atoms with Gasteiger partial charge in [-0.2, -0.15) is 0 Å². The van der Waals surface area contributed by atoms with Gasteiger partial charge in [0.2, 0.25) is 0 Å². The van der Waals surface area contributed by atoms with Gasteiger partial charge in [0, 0.05) is 22.4 Å². The maximum atomic E-state index is 13.0. The van der Waals surface area contributed by atoms with Gasteiger partial charge in [0.1, 0.15) is 0 Å². The molecule has 3 rings (SSSR count). The smallest absolute Gasteiger partial charge is 0.308 e. The molecule has 0 spiro atoms. The molecule has 1 amide bonds. The number of benzene rings is 2. The van der Waals surface area contributed by atoms with Gasteiger partial charge in [-0.3, -0.25) is 9.59 Å². The minimum absolute atomic E-state index is 0.0923. The zero-order chi connectivity index (χ0) is 17.1. The van der Waals surface area contributed by atoms with E-state index in [-0.39, 0.29) is 11.9 Å². The average molecular weight is 341 g/mol. The number of amides is 1. The highest BCUT2D eigenvalue weighted by atomic mass is 32.2. The Balaban J connectivity index is 1.85. The number of nitrogens with zero attached hydrogens (tertiary/aromatic N) is 1. The van der Waals surface area contributed by atoms with Crippen molar-refractivity contribution in [1.29, 1.82) is 0 Å². The van der Waals surface area contributed by atoms with Crippen molar-refractivity contribution in [1.82, 2.24) is 4.90 Å². The van der Waals surface area contributed by atoms with Crippen LogP contribution in [0.25, 0.3) is 0 Å². The molecule has 0 aromatic heterocycles. The molecule has 1 heterocycles. The molecule has 2 unspecified atom stereocenters. The first-order valence-corrected chi connectivity index (χ1v) is 8.75. The first-order chi connectivity index (χ1) is 11.6. The molecule has 124 valence electrons. The third-order valence-electron chi connectivity index (χ3n) is 4.42. The van der Waals surface area contributed by atoms with Crippen molar-refractivity contribution in [2.24, 2.45) is 5.92 Å². The molecule has 24 heavy (non-hydrogen) atoms. The number of carboxylic acids is 1. The summed E-state index contributed by atoms with van der Waals surface area (Å²) in [6.07, 6.45) is 0.510. The second-order valence-electron chi connectivity index (χ2n) is 5.88.